The van der Waals surface area contributed by atoms with Gasteiger partial charge in [0.05, 0.1) is 17.6 Å². The Kier molecular flexibility index (Phi) is 5.92. The molecule has 0 heterocycles. The minimum absolute atomic E-state index is 0.351. The smallest absolute Gasteiger partial charge is 0.249 e. The molecule has 0 bridgehead atoms. The minimum atomic E-state index is -0.918. The number of nitrogens with one attached hydrogen (secondary N) is 1. The molecule has 2 N–H and O–H groups in total. The number of amides is 1. The summed E-state index contributed by atoms with van der Waals surface area (Å²) in [5, 5.41) is 9.94. The summed E-state index contributed by atoms with van der Waals surface area (Å²) in [5.41, 5.74) is 2.91. The zero-order valence-electron chi connectivity index (χ0n) is 12.3. The normalized spacial score (nSPS) is 14.4. The summed E-state index contributed by atoms with van der Waals surface area (Å²) < 4.78 is 0. The molecule has 0 spiro atoms. The van der Waals surface area contributed by atoms with Crippen molar-refractivity contribution in [2.45, 2.75) is 38.9 Å². The first-order valence-corrected chi connectivity index (χ1v) is 6.66. The van der Waals surface area contributed by atoms with Gasteiger partial charge >= 0.3 is 0 Å². The Bertz CT molecular complexity index is 437. The molecule has 4 nitrogen and oxygen atoms in total. The van der Waals surface area contributed by atoms with Crippen LogP contribution in [0.5, 0.6) is 0 Å². The molecule has 0 saturated carbocycles. The first-order chi connectivity index (χ1) is 9.33. The van der Waals surface area contributed by atoms with Crippen molar-refractivity contribution < 1.29 is 14.7 Å². The van der Waals surface area contributed by atoms with Crippen molar-refractivity contribution in [2.24, 2.45) is 5.92 Å². The summed E-state index contributed by atoms with van der Waals surface area (Å²) >= 11 is 0. The topological polar surface area (TPSA) is 58.6 Å². The minimum Gasteiger partial charge on any atom is -0.388 e. The third-order valence-electron chi connectivity index (χ3n) is 2.75. The Morgan fingerprint density at radius 2 is 2.00 bits per heavy atom. The van der Waals surface area contributed by atoms with E-state index < -0.39 is 17.6 Å². The number of hydroxylamine groups is 1. The molecule has 0 aromatic heterocycles. The Balaban J connectivity index is 2.74. The van der Waals surface area contributed by atoms with Gasteiger partial charge in [-0.1, -0.05) is 36.4 Å². The monoisotopic (exact) mass is 277 g/mol. The zero-order valence-corrected chi connectivity index (χ0v) is 12.3. The van der Waals surface area contributed by atoms with E-state index in [1.165, 1.54) is 6.08 Å². The predicted molar refractivity (Wildman–Crippen MR) is 78.8 cm³/mol. The maximum atomic E-state index is 12.2. The SMILES string of the molecule is C=C[C@H](O)[C@H](Cc1ccccc1)C(=O)NOC(C)(C)C. The van der Waals surface area contributed by atoms with Crippen LogP contribution in [-0.4, -0.2) is 22.7 Å². The van der Waals surface area contributed by atoms with Gasteiger partial charge in [0.2, 0.25) is 5.91 Å². The quantitative estimate of drug-likeness (QED) is 0.619. The van der Waals surface area contributed by atoms with Crippen molar-refractivity contribution in [3.05, 3.63) is 48.6 Å². The van der Waals surface area contributed by atoms with Crippen LogP contribution in [0.25, 0.3) is 0 Å². The van der Waals surface area contributed by atoms with E-state index in [0.717, 1.165) is 5.56 Å². The Morgan fingerprint density at radius 3 is 2.50 bits per heavy atom. The number of hydrogen-bond donors (Lipinski definition) is 2. The fraction of sp³-hybridized carbons (Fsp3) is 0.438. The highest BCUT2D eigenvalue weighted by Gasteiger charge is 2.26. The lowest BCUT2D eigenvalue weighted by molar-refractivity contribution is -0.152. The van der Waals surface area contributed by atoms with Gasteiger partial charge in [0.1, 0.15) is 0 Å². The van der Waals surface area contributed by atoms with Crippen LogP contribution >= 0.6 is 0 Å². The Hall–Kier alpha value is -1.65. The highest BCUT2D eigenvalue weighted by Crippen LogP contribution is 2.15. The Morgan fingerprint density at radius 1 is 1.40 bits per heavy atom. The van der Waals surface area contributed by atoms with Gasteiger partial charge in [0.25, 0.3) is 0 Å². The molecule has 0 aliphatic rings. The number of benzene rings is 1. The number of carbonyl (C=O) groups is 1. The molecule has 1 rings (SSSR count). The van der Waals surface area contributed by atoms with Crippen LogP contribution in [0.2, 0.25) is 0 Å². The second-order valence-electron chi connectivity index (χ2n) is 5.70. The highest BCUT2D eigenvalue weighted by molar-refractivity contribution is 5.78. The number of rotatable bonds is 6. The molecule has 1 aromatic carbocycles. The van der Waals surface area contributed by atoms with Gasteiger partial charge in [-0.15, -0.1) is 6.58 Å². The molecule has 1 aromatic rings. The molecule has 110 valence electrons. The summed E-state index contributed by atoms with van der Waals surface area (Å²) in [7, 11) is 0. The van der Waals surface area contributed by atoms with E-state index in [2.05, 4.69) is 12.1 Å². The van der Waals surface area contributed by atoms with Gasteiger partial charge < -0.3 is 5.11 Å². The van der Waals surface area contributed by atoms with Crippen LogP contribution in [-0.2, 0) is 16.1 Å². The molecule has 0 saturated heterocycles. The lowest BCUT2D eigenvalue weighted by Gasteiger charge is -2.24. The average Bonchev–Trinajstić information content (AvgIpc) is 2.41. The van der Waals surface area contributed by atoms with Crippen LogP contribution in [0.15, 0.2) is 43.0 Å². The third kappa shape index (κ3) is 5.55. The largest absolute Gasteiger partial charge is 0.388 e. The molecule has 1 amide bonds. The molecule has 2 atom stereocenters. The summed E-state index contributed by atoms with van der Waals surface area (Å²) in [6.07, 6.45) is 0.872. The van der Waals surface area contributed by atoms with Gasteiger partial charge in [0, 0.05) is 0 Å². The van der Waals surface area contributed by atoms with Crippen molar-refractivity contribution in [3.8, 4) is 0 Å². The van der Waals surface area contributed by atoms with Gasteiger partial charge in [-0.2, -0.15) is 0 Å². The molecular formula is C16H23NO3. The van der Waals surface area contributed by atoms with Crippen molar-refractivity contribution >= 4 is 5.91 Å². The van der Waals surface area contributed by atoms with Crippen molar-refractivity contribution in [3.63, 3.8) is 0 Å². The van der Waals surface area contributed by atoms with E-state index in [9.17, 15) is 9.90 Å². The maximum Gasteiger partial charge on any atom is 0.249 e. The number of aliphatic hydroxyl groups excluding tert-OH is 1. The molecule has 20 heavy (non-hydrogen) atoms. The van der Waals surface area contributed by atoms with E-state index in [1.807, 2.05) is 51.1 Å². The van der Waals surface area contributed by atoms with Crippen LogP contribution in [0.1, 0.15) is 26.3 Å². The number of carbonyl (C=O) groups excluding carboxylic acids is 1. The summed E-state index contributed by atoms with van der Waals surface area (Å²) in [5.74, 6) is -0.978. The van der Waals surface area contributed by atoms with E-state index in [4.69, 9.17) is 4.84 Å². The summed E-state index contributed by atoms with van der Waals surface area (Å²) in [4.78, 5) is 17.4. The molecule has 0 fully saturated rings. The third-order valence-corrected chi connectivity index (χ3v) is 2.75. The van der Waals surface area contributed by atoms with Crippen LogP contribution in [0.3, 0.4) is 0 Å². The lowest BCUT2D eigenvalue weighted by atomic mass is 9.93. The lowest BCUT2D eigenvalue weighted by Crippen LogP contribution is -2.41. The zero-order chi connectivity index (χ0) is 15.2. The molecular weight excluding hydrogens is 254 g/mol. The number of aliphatic hydroxyl groups is 1. The fourth-order valence-corrected chi connectivity index (χ4v) is 1.68. The first-order valence-electron chi connectivity index (χ1n) is 6.66. The molecule has 0 unspecified atom stereocenters. The van der Waals surface area contributed by atoms with Gasteiger partial charge in [-0.25, -0.2) is 5.48 Å². The van der Waals surface area contributed by atoms with Gasteiger partial charge in [0.15, 0.2) is 0 Å². The van der Waals surface area contributed by atoms with E-state index >= 15 is 0 Å². The number of hydrogen-bond acceptors (Lipinski definition) is 3. The van der Waals surface area contributed by atoms with Crippen molar-refractivity contribution in [2.75, 3.05) is 0 Å². The molecule has 4 heteroatoms. The van der Waals surface area contributed by atoms with E-state index in [1.54, 1.807) is 0 Å². The molecule has 0 radical (unpaired) electrons. The summed E-state index contributed by atoms with van der Waals surface area (Å²) in [6, 6.07) is 9.54. The second-order valence-corrected chi connectivity index (χ2v) is 5.70. The van der Waals surface area contributed by atoms with Gasteiger partial charge in [-0.3, -0.25) is 9.63 Å². The second kappa shape index (κ2) is 7.22. The fourth-order valence-electron chi connectivity index (χ4n) is 1.68. The van der Waals surface area contributed by atoms with E-state index in [-0.39, 0.29) is 5.91 Å². The van der Waals surface area contributed by atoms with Crippen LogP contribution in [0.4, 0.5) is 0 Å². The van der Waals surface area contributed by atoms with Crippen LogP contribution in [0, 0.1) is 5.92 Å². The molecule has 0 aliphatic heterocycles. The molecule has 0 aliphatic carbocycles. The Labute approximate surface area is 120 Å². The standard InChI is InChI=1S/C16H23NO3/c1-5-14(18)13(11-12-9-7-6-8-10-12)15(19)17-20-16(2,3)4/h5-10,13-14,18H,1,11H2,2-4H3,(H,17,19)/t13-,14-/m0/s1. The first kappa shape index (κ1) is 16.4. The van der Waals surface area contributed by atoms with Crippen molar-refractivity contribution in [1.29, 1.82) is 0 Å². The highest BCUT2D eigenvalue weighted by atomic mass is 16.7. The average molecular weight is 277 g/mol. The maximum absolute atomic E-state index is 12.2. The van der Waals surface area contributed by atoms with Crippen LogP contribution < -0.4 is 5.48 Å². The van der Waals surface area contributed by atoms with Crippen molar-refractivity contribution in [1.82, 2.24) is 5.48 Å². The predicted octanol–water partition coefficient (Wildman–Crippen LogP) is 2.24. The summed E-state index contributed by atoms with van der Waals surface area (Å²) in [6.45, 7) is 9.05. The van der Waals surface area contributed by atoms with E-state index in [0.29, 0.717) is 6.42 Å². The van der Waals surface area contributed by atoms with Gasteiger partial charge in [-0.05, 0) is 32.8 Å².